The van der Waals surface area contributed by atoms with Gasteiger partial charge in [-0.15, -0.1) is 11.3 Å². The Hall–Kier alpha value is -3.65. The lowest BCUT2D eigenvalue weighted by Crippen LogP contribution is -2.24. The summed E-state index contributed by atoms with van der Waals surface area (Å²) in [6.07, 6.45) is 3.58. The first-order chi connectivity index (χ1) is 15.6. The van der Waals surface area contributed by atoms with Crippen molar-refractivity contribution in [3.63, 3.8) is 0 Å². The zero-order chi connectivity index (χ0) is 22.6. The zero-order valence-corrected chi connectivity index (χ0v) is 18.5. The molecule has 0 fully saturated rings. The fraction of sp³-hybridized carbons (Fsp3) is 0.208. The van der Waals surface area contributed by atoms with Gasteiger partial charge in [0.15, 0.2) is 6.61 Å². The number of hydrazone groups is 1. The molecule has 0 spiro atoms. The summed E-state index contributed by atoms with van der Waals surface area (Å²) in [5, 5.41) is 5.73. The number of unbranched alkanes of at least 4 members (excludes halogenated alkanes) is 1. The molecule has 0 aliphatic heterocycles. The van der Waals surface area contributed by atoms with E-state index in [2.05, 4.69) is 17.5 Å². The van der Waals surface area contributed by atoms with Gasteiger partial charge in [0.1, 0.15) is 22.1 Å². The van der Waals surface area contributed by atoms with E-state index in [0.717, 1.165) is 24.2 Å². The van der Waals surface area contributed by atoms with Crippen molar-refractivity contribution in [2.45, 2.75) is 19.8 Å². The van der Waals surface area contributed by atoms with Crippen LogP contribution in [0.1, 0.15) is 35.0 Å². The number of ether oxygens (including phenoxy) is 3. The van der Waals surface area contributed by atoms with Crippen molar-refractivity contribution in [3.8, 4) is 17.2 Å². The molecule has 1 N–H and O–H groups in total. The van der Waals surface area contributed by atoms with Gasteiger partial charge in [0.25, 0.3) is 5.91 Å². The predicted molar refractivity (Wildman–Crippen MR) is 124 cm³/mol. The lowest BCUT2D eigenvalue weighted by molar-refractivity contribution is -0.123. The molecule has 32 heavy (non-hydrogen) atoms. The number of hydrogen-bond acceptors (Lipinski definition) is 7. The lowest BCUT2D eigenvalue weighted by Gasteiger charge is -2.08. The number of carbonyl (C=O) groups excluding carboxylic acids is 2. The molecule has 166 valence electrons. The molecule has 0 radical (unpaired) electrons. The average Bonchev–Trinajstić information content (AvgIpc) is 3.35. The van der Waals surface area contributed by atoms with Gasteiger partial charge in [0, 0.05) is 0 Å². The lowest BCUT2D eigenvalue weighted by atomic mass is 10.2. The quantitative estimate of drug-likeness (QED) is 0.150. The molecule has 0 aliphatic rings. The Bertz CT molecular complexity index is 1020. The minimum atomic E-state index is -0.396. The number of thiophene rings is 1. The molecule has 0 saturated heterocycles. The van der Waals surface area contributed by atoms with E-state index in [1.54, 1.807) is 48.5 Å². The fourth-order valence-corrected chi connectivity index (χ4v) is 3.10. The maximum absolute atomic E-state index is 11.9. The van der Waals surface area contributed by atoms with Gasteiger partial charge in [-0.25, -0.2) is 10.2 Å². The molecule has 0 atom stereocenters. The van der Waals surface area contributed by atoms with Crippen molar-refractivity contribution in [1.82, 2.24) is 5.43 Å². The fourth-order valence-electron chi connectivity index (χ4n) is 2.50. The van der Waals surface area contributed by atoms with E-state index in [4.69, 9.17) is 14.2 Å². The summed E-state index contributed by atoms with van der Waals surface area (Å²) in [6, 6.07) is 17.4. The summed E-state index contributed by atoms with van der Waals surface area (Å²) in [6.45, 7) is 2.63. The van der Waals surface area contributed by atoms with Gasteiger partial charge in [-0.1, -0.05) is 19.4 Å². The van der Waals surface area contributed by atoms with Crippen molar-refractivity contribution in [1.29, 1.82) is 0 Å². The van der Waals surface area contributed by atoms with Crippen LogP contribution in [0.4, 0.5) is 0 Å². The van der Waals surface area contributed by atoms with Gasteiger partial charge in [-0.3, -0.25) is 4.79 Å². The molecule has 0 unspecified atom stereocenters. The van der Waals surface area contributed by atoms with Crippen LogP contribution in [0.5, 0.6) is 17.2 Å². The Morgan fingerprint density at radius 2 is 1.66 bits per heavy atom. The van der Waals surface area contributed by atoms with E-state index in [9.17, 15) is 9.59 Å². The molecule has 1 aromatic heterocycles. The van der Waals surface area contributed by atoms with Crippen molar-refractivity contribution in [2.24, 2.45) is 5.10 Å². The Morgan fingerprint density at radius 3 is 2.31 bits per heavy atom. The summed E-state index contributed by atoms with van der Waals surface area (Å²) in [5.41, 5.74) is 3.15. The molecule has 0 bridgehead atoms. The molecule has 8 heteroatoms. The van der Waals surface area contributed by atoms with Crippen LogP contribution in [-0.4, -0.2) is 31.3 Å². The van der Waals surface area contributed by atoms with Crippen LogP contribution in [0.2, 0.25) is 0 Å². The van der Waals surface area contributed by atoms with Crippen LogP contribution in [0, 0.1) is 0 Å². The normalized spacial score (nSPS) is 10.7. The first-order valence-electron chi connectivity index (χ1n) is 10.2. The molecule has 7 nitrogen and oxygen atoms in total. The van der Waals surface area contributed by atoms with Crippen LogP contribution in [0.15, 0.2) is 71.1 Å². The second-order valence-corrected chi connectivity index (χ2v) is 7.64. The van der Waals surface area contributed by atoms with Crippen molar-refractivity contribution in [3.05, 3.63) is 76.5 Å². The number of hydrogen-bond donors (Lipinski definition) is 1. The SMILES string of the molecule is CCCCOc1ccc(OCC(=O)N/N=C\c2ccc(OC(=O)c3cccs3)cc2)cc1. The standard InChI is InChI=1S/C24H24N2O5S/c1-2-3-14-29-19-10-12-20(13-11-19)30-17-23(27)26-25-16-18-6-8-21(9-7-18)31-24(28)22-5-4-15-32-22/h4-13,15-16H,2-3,14,17H2,1H3,(H,26,27)/b25-16-. The van der Waals surface area contributed by atoms with E-state index < -0.39 is 5.97 Å². The highest BCUT2D eigenvalue weighted by atomic mass is 32.1. The van der Waals surface area contributed by atoms with E-state index in [-0.39, 0.29) is 12.5 Å². The highest BCUT2D eigenvalue weighted by Crippen LogP contribution is 2.18. The Morgan fingerprint density at radius 1 is 0.969 bits per heavy atom. The van der Waals surface area contributed by atoms with Gasteiger partial charge in [-0.05, 0) is 72.0 Å². The smallest absolute Gasteiger partial charge is 0.353 e. The minimum absolute atomic E-state index is 0.162. The van der Waals surface area contributed by atoms with E-state index in [1.165, 1.54) is 17.6 Å². The van der Waals surface area contributed by atoms with Crippen LogP contribution in [0.3, 0.4) is 0 Å². The van der Waals surface area contributed by atoms with E-state index in [1.807, 2.05) is 17.5 Å². The minimum Gasteiger partial charge on any atom is -0.494 e. The van der Waals surface area contributed by atoms with Crippen molar-refractivity contribution >= 4 is 29.4 Å². The topological polar surface area (TPSA) is 86.2 Å². The number of esters is 1. The molecule has 3 aromatic rings. The third-order valence-corrected chi connectivity index (χ3v) is 5.03. The first-order valence-corrected chi connectivity index (χ1v) is 11.1. The Kier molecular flexibility index (Phi) is 8.82. The zero-order valence-electron chi connectivity index (χ0n) is 17.7. The third kappa shape index (κ3) is 7.55. The third-order valence-electron chi connectivity index (χ3n) is 4.18. The maximum atomic E-state index is 11.9. The van der Waals surface area contributed by atoms with Gasteiger partial charge in [0.2, 0.25) is 0 Å². The molecular formula is C24H24N2O5S. The number of nitrogens with zero attached hydrogens (tertiary/aromatic N) is 1. The highest BCUT2D eigenvalue weighted by Gasteiger charge is 2.09. The number of nitrogens with one attached hydrogen (secondary N) is 1. The molecule has 1 amide bonds. The number of carbonyl (C=O) groups is 2. The van der Waals surface area contributed by atoms with Gasteiger partial charge >= 0.3 is 5.97 Å². The van der Waals surface area contributed by atoms with Crippen LogP contribution in [-0.2, 0) is 4.79 Å². The summed E-state index contributed by atoms with van der Waals surface area (Å²) >= 11 is 1.32. The summed E-state index contributed by atoms with van der Waals surface area (Å²) in [7, 11) is 0. The summed E-state index contributed by atoms with van der Waals surface area (Å²) in [4.78, 5) is 24.4. The second-order valence-electron chi connectivity index (χ2n) is 6.69. The number of benzene rings is 2. The number of amides is 1. The molecule has 1 heterocycles. The summed E-state index contributed by atoms with van der Waals surface area (Å²) < 4.78 is 16.3. The molecule has 3 rings (SSSR count). The highest BCUT2D eigenvalue weighted by molar-refractivity contribution is 7.12. The van der Waals surface area contributed by atoms with Crippen LogP contribution >= 0.6 is 11.3 Å². The second kappa shape index (κ2) is 12.3. The van der Waals surface area contributed by atoms with E-state index >= 15 is 0 Å². The maximum Gasteiger partial charge on any atom is 0.353 e. The monoisotopic (exact) mass is 452 g/mol. The van der Waals surface area contributed by atoms with Gasteiger partial charge < -0.3 is 14.2 Å². The molecular weight excluding hydrogens is 428 g/mol. The first kappa shape index (κ1) is 23.0. The number of rotatable bonds is 11. The molecule has 0 aliphatic carbocycles. The van der Waals surface area contributed by atoms with E-state index in [0.29, 0.717) is 23.0 Å². The summed E-state index contributed by atoms with van der Waals surface area (Å²) in [5.74, 6) is 0.991. The van der Waals surface area contributed by atoms with Crippen molar-refractivity contribution < 1.29 is 23.8 Å². The Balaban J connectivity index is 1.38. The molecule has 2 aromatic carbocycles. The average molecular weight is 453 g/mol. The van der Waals surface area contributed by atoms with Gasteiger partial charge in [-0.2, -0.15) is 5.10 Å². The van der Waals surface area contributed by atoms with Crippen LogP contribution < -0.4 is 19.6 Å². The van der Waals surface area contributed by atoms with Crippen LogP contribution in [0.25, 0.3) is 0 Å². The Labute approximate surface area is 190 Å². The van der Waals surface area contributed by atoms with Crippen molar-refractivity contribution in [2.75, 3.05) is 13.2 Å². The molecule has 0 saturated carbocycles. The predicted octanol–water partition coefficient (Wildman–Crippen LogP) is 4.68. The van der Waals surface area contributed by atoms with Gasteiger partial charge in [0.05, 0.1) is 12.8 Å². The largest absolute Gasteiger partial charge is 0.494 e.